The number of rotatable bonds is 4. The van der Waals surface area contributed by atoms with E-state index in [4.69, 9.17) is 0 Å². The van der Waals surface area contributed by atoms with Gasteiger partial charge in [0.15, 0.2) is 0 Å². The Morgan fingerprint density at radius 2 is 2.14 bits per heavy atom. The molecule has 1 fully saturated rings. The molecular weight excluding hydrogens is 270 g/mol. The molecule has 0 aromatic carbocycles. The number of hydrogen-bond donors (Lipinski definition) is 2. The molecule has 1 aliphatic heterocycles. The van der Waals surface area contributed by atoms with Crippen LogP contribution < -0.4 is 10.2 Å². The van der Waals surface area contributed by atoms with Crippen LogP contribution in [0.4, 0.5) is 11.9 Å². The van der Waals surface area contributed by atoms with Crippen LogP contribution in [-0.2, 0) is 0 Å². The molecule has 3 rings (SSSR count). The van der Waals surface area contributed by atoms with Crippen molar-refractivity contribution in [1.29, 1.82) is 0 Å². The molecule has 0 amide bonds. The quantitative estimate of drug-likeness (QED) is 0.844. The van der Waals surface area contributed by atoms with Crippen molar-refractivity contribution in [3.8, 4) is 5.95 Å². The van der Waals surface area contributed by atoms with Crippen LogP contribution in [0.15, 0.2) is 18.5 Å². The Balaban J connectivity index is 1.99. The Hall–Kier alpha value is -2.22. The summed E-state index contributed by atoms with van der Waals surface area (Å²) >= 11 is 0. The largest absolute Gasteiger partial charge is 0.394 e. The number of hydrogen-bond acceptors (Lipinski definition) is 7. The van der Waals surface area contributed by atoms with Gasteiger partial charge in [0.1, 0.15) is 0 Å². The summed E-state index contributed by atoms with van der Waals surface area (Å²) < 4.78 is 1.60. The zero-order valence-electron chi connectivity index (χ0n) is 12.0. The van der Waals surface area contributed by atoms with Crippen LogP contribution in [0.25, 0.3) is 5.95 Å². The Bertz CT molecular complexity index is 586. The van der Waals surface area contributed by atoms with Crippen molar-refractivity contribution in [2.75, 3.05) is 30.4 Å². The fourth-order valence-corrected chi connectivity index (χ4v) is 2.54. The first-order valence-electron chi connectivity index (χ1n) is 7.13. The van der Waals surface area contributed by atoms with E-state index < -0.39 is 0 Å². The standard InChI is InChI=1S/C13H19N7O/c1-14-11-16-12(19-7-3-2-5-10(19)9-21)18-13(17-11)20-8-4-6-15-20/h4,6,8,10,21H,2-3,5,7,9H2,1H3,(H,14,16,17,18). The van der Waals surface area contributed by atoms with Crippen LogP contribution in [0, 0.1) is 0 Å². The number of aromatic nitrogens is 5. The molecule has 1 saturated heterocycles. The first-order chi connectivity index (χ1) is 10.3. The SMILES string of the molecule is CNc1nc(N2CCCCC2CO)nc(-n2cccn2)n1. The Kier molecular flexibility index (Phi) is 3.96. The Morgan fingerprint density at radius 3 is 2.86 bits per heavy atom. The fourth-order valence-electron chi connectivity index (χ4n) is 2.54. The molecule has 3 heterocycles. The van der Waals surface area contributed by atoms with Gasteiger partial charge in [0, 0.05) is 26.0 Å². The highest BCUT2D eigenvalue weighted by molar-refractivity contribution is 5.41. The van der Waals surface area contributed by atoms with E-state index in [1.54, 1.807) is 24.1 Å². The van der Waals surface area contributed by atoms with Gasteiger partial charge in [-0.15, -0.1) is 0 Å². The topological polar surface area (TPSA) is 92.0 Å². The molecule has 0 saturated carbocycles. The van der Waals surface area contributed by atoms with E-state index >= 15 is 0 Å². The van der Waals surface area contributed by atoms with Crippen molar-refractivity contribution < 1.29 is 5.11 Å². The summed E-state index contributed by atoms with van der Waals surface area (Å²) in [6.07, 6.45) is 6.62. The summed E-state index contributed by atoms with van der Waals surface area (Å²) in [7, 11) is 1.77. The van der Waals surface area contributed by atoms with E-state index in [9.17, 15) is 5.11 Å². The number of piperidine rings is 1. The zero-order valence-corrected chi connectivity index (χ0v) is 12.0. The highest BCUT2D eigenvalue weighted by Gasteiger charge is 2.25. The molecule has 2 N–H and O–H groups in total. The van der Waals surface area contributed by atoms with Crippen molar-refractivity contribution >= 4 is 11.9 Å². The van der Waals surface area contributed by atoms with Gasteiger partial charge in [-0.1, -0.05) is 0 Å². The van der Waals surface area contributed by atoms with Crippen LogP contribution in [0.2, 0.25) is 0 Å². The first-order valence-corrected chi connectivity index (χ1v) is 7.13. The molecule has 0 radical (unpaired) electrons. The van der Waals surface area contributed by atoms with Crippen LogP contribution in [0.1, 0.15) is 19.3 Å². The lowest BCUT2D eigenvalue weighted by Gasteiger charge is -2.34. The Labute approximate surface area is 122 Å². The van der Waals surface area contributed by atoms with Crippen LogP contribution in [0.3, 0.4) is 0 Å². The van der Waals surface area contributed by atoms with Gasteiger partial charge in [-0.25, -0.2) is 4.68 Å². The number of nitrogens with one attached hydrogen (secondary N) is 1. The molecule has 1 atom stereocenters. The molecule has 2 aromatic rings. The lowest BCUT2D eigenvalue weighted by atomic mass is 10.0. The van der Waals surface area contributed by atoms with E-state index in [2.05, 4.69) is 30.3 Å². The van der Waals surface area contributed by atoms with Gasteiger partial charge >= 0.3 is 0 Å². The lowest BCUT2D eigenvalue weighted by molar-refractivity contribution is 0.238. The maximum atomic E-state index is 9.56. The minimum Gasteiger partial charge on any atom is -0.394 e. The molecule has 21 heavy (non-hydrogen) atoms. The molecule has 2 aromatic heterocycles. The Morgan fingerprint density at radius 1 is 1.29 bits per heavy atom. The maximum Gasteiger partial charge on any atom is 0.257 e. The summed E-state index contributed by atoms with van der Waals surface area (Å²) in [6, 6.07) is 1.89. The third-order valence-electron chi connectivity index (χ3n) is 3.64. The predicted molar refractivity (Wildman–Crippen MR) is 78.6 cm³/mol. The highest BCUT2D eigenvalue weighted by atomic mass is 16.3. The second-order valence-corrected chi connectivity index (χ2v) is 4.99. The highest BCUT2D eigenvalue weighted by Crippen LogP contribution is 2.22. The van der Waals surface area contributed by atoms with Crippen molar-refractivity contribution in [3.63, 3.8) is 0 Å². The minimum atomic E-state index is 0.0660. The molecule has 8 heteroatoms. The molecule has 1 aliphatic rings. The van der Waals surface area contributed by atoms with Crippen molar-refractivity contribution in [2.45, 2.75) is 25.3 Å². The van der Waals surface area contributed by atoms with Gasteiger partial charge in [0.05, 0.1) is 12.6 Å². The van der Waals surface area contributed by atoms with Crippen LogP contribution in [-0.4, -0.2) is 56.1 Å². The van der Waals surface area contributed by atoms with Crippen molar-refractivity contribution in [2.24, 2.45) is 0 Å². The van der Waals surface area contributed by atoms with E-state index in [-0.39, 0.29) is 12.6 Å². The predicted octanol–water partition coefficient (Wildman–Crippen LogP) is 0.450. The number of aliphatic hydroxyl groups excluding tert-OH is 1. The van der Waals surface area contributed by atoms with Crippen LogP contribution >= 0.6 is 0 Å². The van der Waals surface area contributed by atoms with Crippen molar-refractivity contribution in [1.82, 2.24) is 24.7 Å². The monoisotopic (exact) mass is 289 g/mol. The average molecular weight is 289 g/mol. The molecular formula is C13H19N7O. The number of nitrogens with zero attached hydrogens (tertiary/aromatic N) is 6. The molecule has 0 spiro atoms. The normalized spacial score (nSPS) is 18.8. The zero-order chi connectivity index (χ0) is 14.7. The lowest BCUT2D eigenvalue weighted by Crippen LogP contribution is -2.43. The first kappa shape index (κ1) is 13.7. The molecule has 1 unspecified atom stereocenters. The minimum absolute atomic E-state index is 0.0660. The molecule has 112 valence electrons. The number of anilines is 2. The second-order valence-electron chi connectivity index (χ2n) is 4.99. The van der Waals surface area contributed by atoms with Gasteiger partial charge in [-0.05, 0) is 25.3 Å². The van der Waals surface area contributed by atoms with E-state index in [0.29, 0.717) is 17.8 Å². The van der Waals surface area contributed by atoms with E-state index in [1.807, 2.05) is 6.07 Å². The molecule has 0 aliphatic carbocycles. The van der Waals surface area contributed by atoms with Gasteiger partial charge in [0.25, 0.3) is 5.95 Å². The summed E-state index contributed by atoms with van der Waals surface area (Å²) in [6.45, 7) is 0.953. The fraction of sp³-hybridized carbons (Fsp3) is 0.538. The van der Waals surface area contributed by atoms with Crippen molar-refractivity contribution in [3.05, 3.63) is 18.5 Å². The molecule has 8 nitrogen and oxygen atoms in total. The summed E-state index contributed by atoms with van der Waals surface area (Å²) in [5.41, 5.74) is 0. The number of aliphatic hydroxyl groups is 1. The van der Waals surface area contributed by atoms with E-state index in [1.165, 1.54) is 0 Å². The summed E-state index contributed by atoms with van der Waals surface area (Å²) in [4.78, 5) is 15.3. The smallest absolute Gasteiger partial charge is 0.257 e. The van der Waals surface area contributed by atoms with E-state index in [0.717, 1.165) is 25.8 Å². The van der Waals surface area contributed by atoms with Crippen LogP contribution in [0.5, 0.6) is 0 Å². The van der Waals surface area contributed by atoms with Gasteiger partial charge in [0.2, 0.25) is 11.9 Å². The average Bonchev–Trinajstić information content (AvgIpc) is 3.09. The summed E-state index contributed by atoms with van der Waals surface area (Å²) in [5, 5.41) is 16.7. The second kappa shape index (κ2) is 6.04. The van der Waals surface area contributed by atoms with Gasteiger partial charge < -0.3 is 15.3 Å². The maximum absolute atomic E-state index is 9.56. The summed E-state index contributed by atoms with van der Waals surface area (Å²) in [5.74, 6) is 1.54. The third kappa shape index (κ3) is 2.80. The molecule has 0 bridgehead atoms. The third-order valence-corrected chi connectivity index (χ3v) is 3.64. The van der Waals surface area contributed by atoms with Gasteiger partial charge in [-0.2, -0.15) is 20.1 Å². The van der Waals surface area contributed by atoms with Gasteiger partial charge in [-0.3, -0.25) is 0 Å².